The standard InChI is InChI=1S/C12H25NO3/c1-4-6-7-15-8-9-16-12(14)11(13)10(3)5-2/h10-11H,4-9,13H2,1-3H3/t10-,11-/m0/s1. The number of carbonyl (C=O) groups excluding carboxylic acids is 1. The molecular formula is C12H25NO3. The van der Waals surface area contributed by atoms with Crippen LogP contribution in [0.25, 0.3) is 0 Å². The van der Waals surface area contributed by atoms with Gasteiger partial charge < -0.3 is 15.2 Å². The monoisotopic (exact) mass is 231 g/mol. The second kappa shape index (κ2) is 9.60. The summed E-state index contributed by atoms with van der Waals surface area (Å²) < 4.78 is 10.3. The van der Waals surface area contributed by atoms with E-state index in [1.54, 1.807) is 0 Å². The average Bonchev–Trinajstić information content (AvgIpc) is 2.31. The Morgan fingerprint density at radius 2 is 1.94 bits per heavy atom. The largest absolute Gasteiger partial charge is 0.462 e. The molecule has 0 amide bonds. The first-order valence-corrected chi connectivity index (χ1v) is 6.13. The van der Waals surface area contributed by atoms with Crippen molar-refractivity contribution in [3.63, 3.8) is 0 Å². The van der Waals surface area contributed by atoms with Crippen LogP contribution in [0.5, 0.6) is 0 Å². The molecule has 4 nitrogen and oxygen atoms in total. The summed E-state index contributed by atoms with van der Waals surface area (Å²) in [4.78, 5) is 11.4. The van der Waals surface area contributed by atoms with E-state index in [1.165, 1.54) is 0 Å². The normalized spacial score (nSPS) is 14.5. The Hall–Kier alpha value is -0.610. The zero-order valence-electron chi connectivity index (χ0n) is 10.7. The number of unbranched alkanes of at least 4 members (excludes halogenated alkanes) is 1. The topological polar surface area (TPSA) is 61.5 Å². The third-order valence-corrected chi connectivity index (χ3v) is 2.64. The zero-order valence-corrected chi connectivity index (χ0v) is 10.7. The van der Waals surface area contributed by atoms with E-state index in [0.29, 0.717) is 13.2 Å². The van der Waals surface area contributed by atoms with Crippen LogP contribution in [0.3, 0.4) is 0 Å². The predicted octanol–water partition coefficient (Wildman–Crippen LogP) is 1.72. The van der Waals surface area contributed by atoms with Gasteiger partial charge in [-0.3, -0.25) is 4.79 Å². The number of carbonyl (C=O) groups is 1. The molecule has 0 aliphatic rings. The summed E-state index contributed by atoms with van der Waals surface area (Å²) >= 11 is 0. The van der Waals surface area contributed by atoms with Crippen LogP contribution in [0.15, 0.2) is 0 Å². The molecule has 0 spiro atoms. The van der Waals surface area contributed by atoms with Crippen molar-refractivity contribution >= 4 is 5.97 Å². The van der Waals surface area contributed by atoms with Crippen molar-refractivity contribution in [2.45, 2.75) is 46.1 Å². The van der Waals surface area contributed by atoms with E-state index in [1.807, 2.05) is 13.8 Å². The number of hydrogen-bond donors (Lipinski definition) is 1. The Morgan fingerprint density at radius 1 is 1.25 bits per heavy atom. The Labute approximate surface area is 98.5 Å². The second-order valence-corrected chi connectivity index (χ2v) is 4.04. The quantitative estimate of drug-likeness (QED) is 0.485. The molecule has 0 aliphatic carbocycles. The smallest absolute Gasteiger partial charge is 0.323 e. The molecular weight excluding hydrogens is 206 g/mol. The molecule has 0 aromatic rings. The maximum atomic E-state index is 11.4. The Balaban J connectivity index is 3.50. The second-order valence-electron chi connectivity index (χ2n) is 4.04. The predicted molar refractivity (Wildman–Crippen MR) is 64.1 cm³/mol. The van der Waals surface area contributed by atoms with E-state index in [-0.39, 0.29) is 11.9 Å². The summed E-state index contributed by atoms with van der Waals surface area (Å²) in [5.74, 6) is -0.165. The van der Waals surface area contributed by atoms with Gasteiger partial charge in [-0.2, -0.15) is 0 Å². The molecule has 0 heterocycles. The summed E-state index contributed by atoms with van der Waals surface area (Å²) in [5, 5.41) is 0. The van der Waals surface area contributed by atoms with Crippen LogP contribution >= 0.6 is 0 Å². The van der Waals surface area contributed by atoms with Gasteiger partial charge >= 0.3 is 5.97 Å². The molecule has 0 saturated heterocycles. The van der Waals surface area contributed by atoms with Crippen LogP contribution in [0.2, 0.25) is 0 Å². The van der Waals surface area contributed by atoms with Crippen molar-refractivity contribution in [3.8, 4) is 0 Å². The first-order chi connectivity index (χ1) is 7.63. The molecule has 0 unspecified atom stereocenters. The molecule has 0 rings (SSSR count). The maximum Gasteiger partial charge on any atom is 0.323 e. The van der Waals surface area contributed by atoms with Crippen molar-refractivity contribution in [2.24, 2.45) is 11.7 Å². The first-order valence-electron chi connectivity index (χ1n) is 6.13. The van der Waals surface area contributed by atoms with Crippen molar-refractivity contribution in [3.05, 3.63) is 0 Å². The van der Waals surface area contributed by atoms with Gasteiger partial charge in [-0.15, -0.1) is 0 Å². The molecule has 0 saturated carbocycles. The number of nitrogens with two attached hydrogens (primary N) is 1. The zero-order chi connectivity index (χ0) is 12.4. The molecule has 0 bridgehead atoms. The van der Waals surface area contributed by atoms with Crippen molar-refractivity contribution in [1.29, 1.82) is 0 Å². The molecule has 0 aromatic carbocycles. The van der Waals surface area contributed by atoms with E-state index in [9.17, 15) is 4.79 Å². The SMILES string of the molecule is CCCCOCCOC(=O)[C@@H](N)[C@@H](C)CC. The van der Waals surface area contributed by atoms with Crippen LogP contribution in [0.4, 0.5) is 0 Å². The van der Waals surface area contributed by atoms with Crippen LogP contribution in [-0.4, -0.2) is 31.8 Å². The minimum absolute atomic E-state index is 0.161. The van der Waals surface area contributed by atoms with E-state index in [2.05, 4.69) is 6.92 Å². The van der Waals surface area contributed by atoms with Gasteiger partial charge in [0.15, 0.2) is 0 Å². The lowest BCUT2D eigenvalue weighted by Crippen LogP contribution is -2.38. The van der Waals surface area contributed by atoms with Crippen molar-refractivity contribution in [1.82, 2.24) is 0 Å². The Morgan fingerprint density at radius 3 is 2.50 bits per heavy atom. The van der Waals surface area contributed by atoms with E-state index in [4.69, 9.17) is 15.2 Å². The Kier molecular flexibility index (Phi) is 9.24. The minimum Gasteiger partial charge on any atom is -0.462 e. The maximum absolute atomic E-state index is 11.4. The van der Waals surface area contributed by atoms with Crippen LogP contribution in [0.1, 0.15) is 40.0 Å². The molecule has 0 fully saturated rings. The summed E-state index contributed by atoms with van der Waals surface area (Å²) in [6.07, 6.45) is 3.03. The molecule has 0 aromatic heterocycles. The van der Waals surface area contributed by atoms with E-state index >= 15 is 0 Å². The van der Waals surface area contributed by atoms with Crippen LogP contribution in [0, 0.1) is 5.92 Å². The fraction of sp³-hybridized carbons (Fsp3) is 0.917. The van der Waals surface area contributed by atoms with Crippen LogP contribution in [-0.2, 0) is 14.3 Å². The molecule has 2 N–H and O–H groups in total. The minimum atomic E-state index is -0.513. The highest BCUT2D eigenvalue weighted by Gasteiger charge is 2.20. The summed E-state index contributed by atoms with van der Waals surface area (Å²) in [5.41, 5.74) is 5.72. The molecule has 4 heteroatoms. The van der Waals surface area contributed by atoms with Gasteiger partial charge in [0.2, 0.25) is 0 Å². The fourth-order valence-electron chi connectivity index (χ4n) is 1.13. The number of rotatable bonds is 9. The molecule has 16 heavy (non-hydrogen) atoms. The van der Waals surface area contributed by atoms with Crippen molar-refractivity contribution < 1.29 is 14.3 Å². The molecule has 2 atom stereocenters. The number of esters is 1. The van der Waals surface area contributed by atoms with Crippen molar-refractivity contribution in [2.75, 3.05) is 19.8 Å². The third-order valence-electron chi connectivity index (χ3n) is 2.64. The lowest BCUT2D eigenvalue weighted by Gasteiger charge is -2.16. The van der Waals surface area contributed by atoms with Gasteiger partial charge in [-0.05, 0) is 12.3 Å². The van der Waals surface area contributed by atoms with E-state index < -0.39 is 6.04 Å². The fourth-order valence-corrected chi connectivity index (χ4v) is 1.13. The lowest BCUT2D eigenvalue weighted by molar-refractivity contribution is -0.148. The summed E-state index contributed by atoms with van der Waals surface area (Å²) in [7, 11) is 0. The molecule has 96 valence electrons. The molecule has 0 aliphatic heterocycles. The lowest BCUT2D eigenvalue weighted by atomic mass is 10.0. The number of hydrogen-bond acceptors (Lipinski definition) is 4. The van der Waals surface area contributed by atoms with Gasteiger partial charge in [0.25, 0.3) is 0 Å². The number of ether oxygens (including phenoxy) is 2. The highest BCUT2D eigenvalue weighted by atomic mass is 16.6. The van der Waals surface area contributed by atoms with Gasteiger partial charge in [-0.1, -0.05) is 33.6 Å². The highest BCUT2D eigenvalue weighted by Crippen LogP contribution is 2.06. The van der Waals surface area contributed by atoms with Gasteiger partial charge in [0, 0.05) is 6.61 Å². The first kappa shape index (κ1) is 15.4. The van der Waals surface area contributed by atoms with Crippen LogP contribution < -0.4 is 5.73 Å². The molecule has 0 radical (unpaired) electrons. The summed E-state index contributed by atoms with van der Waals surface area (Å²) in [6, 6.07) is -0.513. The van der Waals surface area contributed by atoms with Gasteiger partial charge in [0.1, 0.15) is 12.6 Å². The summed E-state index contributed by atoms with van der Waals surface area (Å²) in [6.45, 7) is 7.54. The van der Waals surface area contributed by atoms with E-state index in [0.717, 1.165) is 25.9 Å². The van der Waals surface area contributed by atoms with Gasteiger partial charge in [-0.25, -0.2) is 0 Å². The highest BCUT2D eigenvalue weighted by molar-refractivity contribution is 5.75. The third kappa shape index (κ3) is 6.80. The Bertz CT molecular complexity index is 185. The average molecular weight is 231 g/mol. The van der Waals surface area contributed by atoms with Gasteiger partial charge in [0.05, 0.1) is 6.61 Å².